The lowest BCUT2D eigenvalue weighted by Crippen LogP contribution is -2.21. The molecule has 152 valence electrons. The molecule has 0 saturated heterocycles. The van der Waals surface area contributed by atoms with Gasteiger partial charge in [0.05, 0.1) is 12.5 Å². The minimum absolute atomic E-state index is 0.0589. The highest BCUT2D eigenvalue weighted by atomic mass is 32.2. The molecule has 5 heteroatoms. The first-order valence-corrected chi connectivity index (χ1v) is 12.4. The van der Waals surface area contributed by atoms with Gasteiger partial charge in [0.2, 0.25) is 0 Å². The average Bonchev–Trinajstić information content (AvgIpc) is 2.67. The summed E-state index contributed by atoms with van der Waals surface area (Å²) < 4.78 is 11.5. The zero-order chi connectivity index (χ0) is 19.6. The molecule has 2 unspecified atom stereocenters. The van der Waals surface area contributed by atoms with Crippen LogP contribution >= 0.6 is 23.5 Å². The van der Waals surface area contributed by atoms with Crippen LogP contribution in [0.15, 0.2) is 12.1 Å². The highest BCUT2D eigenvalue weighted by Crippen LogP contribution is 2.35. The number of fused-ring (bicyclic) bond motifs is 1. The monoisotopic (exact) mass is 410 g/mol. The van der Waals surface area contributed by atoms with Gasteiger partial charge in [-0.1, -0.05) is 57.7 Å². The van der Waals surface area contributed by atoms with E-state index in [1.165, 1.54) is 29.5 Å². The Hall–Kier alpha value is -0.810. The summed E-state index contributed by atoms with van der Waals surface area (Å²) in [5.41, 5.74) is 3.83. The van der Waals surface area contributed by atoms with E-state index in [0.29, 0.717) is 12.5 Å². The molecule has 1 aromatic carbocycles. The average molecular weight is 411 g/mol. The van der Waals surface area contributed by atoms with Crippen molar-refractivity contribution in [2.75, 3.05) is 18.3 Å². The number of esters is 1. The lowest BCUT2D eigenvalue weighted by Gasteiger charge is -2.21. The van der Waals surface area contributed by atoms with Gasteiger partial charge >= 0.3 is 5.97 Å². The standard InChI is InChI=1S/C22H34O3S2/c1-5-7-8-18(6-2)11-24-22(23)17(4)12-26-13-19-9-16(3)10-20-14-27-15-25-21(19)20/h9-10,17-18H,5-8,11-15H2,1-4H3. The van der Waals surface area contributed by atoms with Gasteiger partial charge in [-0.25, -0.2) is 0 Å². The lowest BCUT2D eigenvalue weighted by molar-refractivity contribution is -0.148. The number of rotatable bonds is 11. The first-order valence-electron chi connectivity index (χ1n) is 10.1. The molecule has 0 amide bonds. The number of carbonyl (C=O) groups is 1. The van der Waals surface area contributed by atoms with Crippen LogP contribution in [0.1, 0.15) is 63.1 Å². The zero-order valence-corrected chi connectivity index (χ0v) is 18.8. The molecule has 0 N–H and O–H groups in total. The van der Waals surface area contributed by atoms with Crippen LogP contribution in [0.2, 0.25) is 0 Å². The summed E-state index contributed by atoms with van der Waals surface area (Å²) >= 11 is 3.60. The third-order valence-electron chi connectivity index (χ3n) is 4.96. The van der Waals surface area contributed by atoms with Crippen molar-refractivity contribution in [3.8, 4) is 5.75 Å². The SMILES string of the molecule is CCCCC(CC)COC(=O)C(C)CSCc1cc(C)cc2c1OCSC2. The first-order chi connectivity index (χ1) is 13.0. The maximum atomic E-state index is 12.3. The highest BCUT2D eigenvalue weighted by Gasteiger charge is 2.19. The van der Waals surface area contributed by atoms with Crippen LogP contribution in [-0.2, 0) is 21.0 Å². The van der Waals surface area contributed by atoms with Crippen LogP contribution in [0.25, 0.3) is 0 Å². The summed E-state index contributed by atoms with van der Waals surface area (Å²) in [6, 6.07) is 4.43. The van der Waals surface area contributed by atoms with Crippen molar-refractivity contribution in [3.05, 3.63) is 28.8 Å². The van der Waals surface area contributed by atoms with Crippen molar-refractivity contribution in [1.29, 1.82) is 0 Å². The number of hydrogen-bond donors (Lipinski definition) is 0. The topological polar surface area (TPSA) is 35.5 Å². The Morgan fingerprint density at radius 2 is 2.19 bits per heavy atom. The molecule has 3 nitrogen and oxygen atoms in total. The Morgan fingerprint density at radius 3 is 2.93 bits per heavy atom. The molecule has 1 aliphatic rings. The van der Waals surface area contributed by atoms with Gasteiger partial charge in [-0.05, 0) is 19.3 Å². The Bertz CT molecular complexity index is 603. The van der Waals surface area contributed by atoms with E-state index in [1.807, 2.05) is 18.7 Å². The number of benzene rings is 1. The van der Waals surface area contributed by atoms with Crippen LogP contribution in [0.4, 0.5) is 0 Å². The molecule has 1 aliphatic heterocycles. The number of thioether (sulfide) groups is 2. The molecule has 0 spiro atoms. The van der Waals surface area contributed by atoms with Crippen molar-refractivity contribution in [3.63, 3.8) is 0 Å². The smallest absolute Gasteiger partial charge is 0.309 e. The van der Waals surface area contributed by atoms with Gasteiger partial charge in [0.1, 0.15) is 11.7 Å². The molecule has 2 atom stereocenters. The van der Waals surface area contributed by atoms with Gasteiger partial charge in [0.15, 0.2) is 0 Å². The Labute approximate surface area is 173 Å². The van der Waals surface area contributed by atoms with Crippen LogP contribution in [0.3, 0.4) is 0 Å². The van der Waals surface area contributed by atoms with E-state index >= 15 is 0 Å². The van der Waals surface area contributed by atoms with Crippen LogP contribution in [-0.4, -0.2) is 24.3 Å². The summed E-state index contributed by atoms with van der Waals surface area (Å²) in [7, 11) is 0. The van der Waals surface area contributed by atoms with Crippen molar-refractivity contribution >= 4 is 29.5 Å². The predicted molar refractivity (Wildman–Crippen MR) is 118 cm³/mol. The largest absolute Gasteiger partial charge is 0.482 e. The van der Waals surface area contributed by atoms with E-state index in [1.54, 1.807) is 11.8 Å². The molecular formula is C22H34O3S2. The van der Waals surface area contributed by atoms with Gasteiger partial charge in [0, 0.05) is 28.4 Å². The molecule has 1 aromatic rings. The third-order valence-corrected chi connectivity index (χ3v) is 7.01. The summed E-state index contributed by atoms with van der Waals surface area (Å²) in [5.74, 6) is 4.84. The Morgan fingerprint density at radius 1 is 1.37 bits per heavy atom. The van der Waals surface area contributed by atoms with Crippen molar-refractivity contribution in [2.45, 2.75) is 64.9 Å². The van der Waals surface area contributed by atoms with Gasteiger partial charge in [-0.15, -0.1) is 11.8 Å². The van der Waals surface area contributed by atoms with E-state index in [0.717, 1.165) is 41.8 Å². The second-order valence-corrected chi connectivity index (χ2v) is 9.45. The maximum absolute atomic E-state index is 12.3. The molecule has 27 heavy (non-hydrogen) atoms. The van der Waals surface area contributed by atoms with Gasteiger partial charge in [-0.3, -0.25) is 4.79 Å². The molecule has 0 fully saturated rings. The lowest BCUT2D eigenvalue weighted by atomic mass is 10.0. The van der Waals surface area contributed by atoms with Crippen LogP contribution < -0.4 is 4.74 Å². The van der Waals surface area contributed by atoms with E-state index in [2.05, 4.69) is 32.9 Å². The summed E-state index contributed by atoms with van der Waals surface area (Å²) in [4.78, 5) is 12.3. The van der Waals surface area contributed by atoms with Crippen LogP contribution in [0, 0.1) is 18.8 Å². The quantitative estimate of drug-likeness (QED) is 0.405. The molecule has 0 saturated carbocycles. The second kappa shape index (κ2) is 11.9. The molecule has 0 aromatic heterocycles. The Balaban J connectivity index is 1.78. The molecule has 0 radical (unpaired) electrons. The number of ether oxygens (including phenoxy) is 2. The van der Waals surface area contributed by atoms with E-state index in [9.17, 15) is 4.79 Å². The fourth-order valence-electron chi connectivity index (χ4n) is 3.23. The van der Waals surface area contributed by atoms with E-state index < -0.39 is 0 Å². The highest BCUT2D eigenvalue weighted by molar-refractivity contribution is 7.98. The Kier molecular flexibility index (Phi) is 9.91. The third kappa shape index (κ3) is 7.26. The fraction of sp³-hybridized carbons (Fsp3) is 0.682. The van der Waals surface area contributed by atoms with Crippen molar-refractivity contribution in [2.24, 2.45) is 11.8 Å². The number of aryl methyl sites for hydroxylation is 1. The normalized spacial score (nSPS) is 15.6. The molecule has 1 heterocycles. The van der Waals surface area contributed by atoms with Crippen molar-refractivity contribution < 1.29 is 14.3 Å². The van der Waals surface area contributed by atoms with Gasteiger partial charge in [-0.2, -0.15) is 11.8 Å². The summed E-state index contributed by atoms with van der Waals surface area (Å²) in [5, 5.41) is 0. The minimum atomic E-state index is -0.0733. The maximum Gasteiger partial charge on any atom is 0.309 e. The molecule has 0 aliphatic carbocycles. The summed E-state index contributed by atoms with van der Waals surface area (Å²) in [6.45, 7) is 9.06. The number of hydrogen-bond acceptors (Lipinski definition) is 5. The molecule has 0 bridgehead atoms. The van der Waals surface area contributed by atoms with Gasteiger partial charge < -0.3 is 9.47 Å². The van der Waals surface area contributed by atoms with Crippen LogP contribution in [0.5, 0.6) is 5.75 Å². The predicted octanol–water partition coefficient (Wildman–Crippen LogP) is 6.21. The minimum Gasteiger partial charge on any atom is -0.482 e. The number of carbonyl (C=O) groups excluding carboxylic acids is 1. The summed E-state index contributed by atoms with van der Waals surface area (Å²) in [6.07, 6.45) is 4.64. The number of unbranched alkanes of at least 4 members (excludes halogenated alkanes) is 1. The zero-order valence-electron chi connectivity index (χ0n) is 17.2. The molecule has 2 rings (SSSR count). The van der Waals surface area contributed by atoms with E-state index in [-0.39, 0.29) is 11.9 Å². The second-order valence-electron chi connectivity index (χ2n) is 7.49. The van der Waals surface area contributed by atoms with Gasteiger partial charge in [0.25, 0.3) is 0 Å². The first kappa shape index (κ1) is 22.5. The molecular weight excluding hydrogens is 376 g/mol. The fourth-order valence-corrected chi connectivity index (χ4v) is 5.00. The van der Waals surface area contributed by atoms with E-state index in [4.69, 9.17) is 9.47 Å². The van der Waals surface area contributed by atoms with Crippen molar-refractivity contribution in [1.82, 2.24) is 0 Å².